The molecule has 1 heterocycles. The van der Waals surface area contributed by atoms with Gasteiger partial charge in [-0.2, -0.15) is 0 Å². The molecule has 0 fully saturated rings. The predicted molar refractivity (Wildman–Crippen MR) is 99.0 cm³/mol. The highest BCUT2D eigenvalue weighted by molar-refractivity contribution is 6.06. The van der Waals surface area contributed by atoms with Crippen molar-refractivity contribution < 1.29 is 19.1 Å². The summed E-state index contributed by atoms with van der Waals surface area (Å²) >= 11 is 0. The zero-order valence-corrected chi connectivity index (χ0v) is 15.2. The van der Waals surface area contributed by atoms with E-state index in [1.54, 1.807) is 25.3 Å². The number of nitrogens with zero attached hydrogens (tertiary/aromatic N) is 1. The summed E-state index contributed by atoms with van der Waals surface area (Å²) in [5, 5.41) is 5.56. The number of ether oxygens (including phenoxy) is 2. The molecule has 1 aromatic carbocycles. The van der Waals surface area contributed by atoms with Crippen LogP contribution in [-0.4, -0.2) is 37.6 Å². The average molecular weight is 357 g/mol. The van der Waals surface area contributed by atoms with Gasteiger partial charge in [-0.25, -0.2) is 0 Å². The number of aromatic nitrogens is 1. The van der Waals surface area contributed by atoms with E-state index in [1.807, 2.05) is 6.92 Å². The van der Waals surface area contributed by atoms with Crippen molar-refractivity contribution in [2.75, 3.05) is 26.1 Å². The highest BCUT2D eigenvalue weighted by atomic mass is 16.5. The molecule has 0 aliphatic rings. The number of rotatable bonds is 8. The Morgan fingerprint density at radius 2 is 1.69 bits per heavy atom. The Bertz CT molecular complexity index is 777. The summed E-state index contributed by atoms with van der Waals surface area (Å²) in [6.45, 7) is 2.64. The van der Waals surface area contributed by atoms with Gasteiger partial charge in [0, 0.05) is 30.7 Å². The molecule has 0 unspecified atom stereocenters. The molecule has 2 amide bonds. The minimum atomic E-state index is -0.368. The molecular formula is C19H23N3O4. The second-order valence-corrected chi connectivity index (χ2v) is 5.60. The summed E-state index contributed by atoms with van der Waals surface area (Å²) in [5.74, 6) is 0.463. The Hall–Kier alpha value is -3.09. The van der Waals surface area contributed by atoms with Crippen LogP contribution in [0, 0.1) is 0 Å². The van der Waals surface area contributed by atoms with Gasteiger partial charge in [0.25, 0.3) is 11.8 Å². The molecule has 0 saturated heterocycles. The maximum absolute atomic E-state index is 12.4. The van der Waals surface area contributed by atoms with Gasteiger partial charge in [0.05, 0.1) is 25.3 Å². The van der Waals surface area contributed by atoms with Gasteiger partial charge >= 0.3 is 0 Å². The lowest BCUT2D eigenvalue weighted by molar-refractivity contribution is 0.0953. The minimum Gasteiger partial charge on any atom is -0.493 e. The monoisotopic (exact) mass is 357 g/mol. The van der Waals surface area contributed by atoms with Gasteiger partial charge in [-0.3, -0.25) is 14.6 Å². The lowest BCUT2D eigenvalue weighted by atomic mass is 10.1. The Morgan fingerprint density at radius 1 is 1.00 bits per heavy atom. The Morgan fingerprint density at radius 3 is 2.35 bits per heavy atom. The van der Waals surface area contributed by atoms with Crippen LogP contribution in [0.4, 0.5) is 5.69 Å². The molecule has 26 heavy (non-hydrogen) atoms. The quantitative estimate of drug-likeness (QED) is 0.709. The fraction of sp³-hybridized carbons (Fsp3) is 0.316. The van der Waals surface area contributed by atoms with Crippen molar-refractivity contribution >= 4 is 17.5 Å². The number of hydrogen-bond acceptors (Lipinski definition) is 5. The van der Waals surface area contributed by atoms with Crippen LogP contribution in [0.25, 0.3) is 0 Å². The highest BCUT2D eigenvalue weighted by Gasteiger charge is 2.12. The summed E-state index contributed by atoms with van der Waals surface area (Å²) in [5.41, 5.74) is 1.19. The van der Waals surface area contributed by atoms with Crippen LogP contribution in [0.1, 0.15) is 40.5 Å². The number of carbonyl (C=O) groups excluding carboxylic acids is 2. The molecule has 0 saturated carbocycles. The molecule has 2 rings (SSSR count). The van der Waals surface area contributed by atoms with E-state index in [-0.39, 0.29) is 11.8 Å². The number of amides is 2. The first-order valence-electron chi connectivity index (χ1n) is 8.35. The fourth-order valence-corrected chi connectivity index (χ4v) is 2.29. The highest BCUT2D eigenvalue weighted by Crippen LogP contribution is 2.29. The van der Waals surface area contributed by atoms with E-state index in [0.29, 0.717) is 34.9 Å². The second kappa shape index (κ2) is 9.41. The standard InChI is InChI=1S/C19H23N3O4/c1-4-5-8-21-18(23)13-9-14(12-20-11-13)19(24)22-15-6-7-16(25-2)17(10-15)26-3/h6-7,9-12H,4-5,8H2,1-3H3,(H,21,23)(H,22,24). The smallest absolute Gasteiger partial charge is 0.257 e. The normalized spacial score (nSPS) is 10.1. The maximum Gasteiger partial charge on any atom is 0.257 e. The van der Waals surface area contributed by atoms with E-state index in [0.717, 1.165) is 12.8 Å². The molecule has 2 N–H and O–H groups in total. The Kier molecular flexibility index (Phi) is 6.96. The van der Waals surface area contributed by atoms with Crippen LogP contribution in [0.2, 0.25) is 0 Å². The van der Waals surface area contributed by atoms with Gasteiger partial charge in [0.15, 0.2) is 11.5 Å². The van der Waals surface area contributed by atoms with Crippen molar-refractivity contribution in [2.24, 2.45) is 0 Å². The van der Waals surface area contributed by atoms with E-state index in [2.05, 4.69) is 15.6 Å². The van der Waals surface area contributed by atoms with E-state index in [1.165, 1.54) is 25.6 Å². The summed E-state index contributed by atoms with van der Waals surface area (Å²) in [7, 11) is 3.06. The molecule has 7 heteroatoms. The summed E-state index contributed by atoms with van der Waals surface area (Å²) in [4.78, 5) is 28.5. The van der Waals surface area contributed by atoms with Crippen LogP contribution < -0.4 is 20.1 Å². The number of carbonyl (C=O) groups is 2. The molecule has 0 radical (unpaired) electrons. The zero-order valence-electron chi connectivity index (χ0n) is 15.2. The lowest BCUT2D eigenvalue weighted by Gasteiger charge is -2.11. The van der Waals surface area contributed by atoms with Gasteiger partial charge in [0.1, 0.15) is 0 Å². The first-order valence-corrected chi connectivity index (χ1v) is 8.35. The zero-order chi connectivity index (χ0) is 18.9. The number of methoxy groups -OCH3 is 2. The topological polar surface area (TPSA) is 89.6 Å². The molecule has 7 nitrogen and oxygen atoms in total. The van der Waals surface area contributed by atoms with Crippen LogP contribution in [0.3, 0.4) is 0 Å². The minimum absolute atomic E-state index is 0.244. The number of benzene rings is 1. The third kappa shape index (κ3) is 4.95. The largest absolute Gasteiger partial charge is 0.493 e. The van der Waals surface area contributed by atoms with E-state index in [4.69, 9.17) is 9.47 Å². The van der Waals surface area contributed by atoms with Crippen molar-refractivity contribution in [2.45, 2.75) is 19.8 Å². The number of pyridine rings is 1. The van der Waals surface area contributed by atoms with Crippen molar-refractivity contribution in [1.29, 1.82) is 0 Å². The van der Waals surface area contributed by atoms with Crippen molar-refractivity contribution in [1.82, 2.24) is 10.3 Å². The lowest BCUT2D eigenvalue weighted by Crippen LogP contribution is -2.25. The molecule has 138 valence electrons. The molecule has 0 atom stereocenters. The molecule has 0 aliphatic carbocycles. The third-order valence-electron chi connectivity index (χ3n) is 3.72. The van der Waals surface area contributed by atoms with Crippen LogP contribution in [0.5, 0.6) is 11.5 Å². The first-order chi connectivity index (χ1) is 12.6. The first kappa shape index (κ1) is 19.2. The molecule has 1 aromatic heterocycles. The Labute approximate surface area is 152 Å². The fourth-order valence-electron chi connectivity index (χ4n) is 2.29. The maximum atomic E-state index is 12.4. The van der Waals surface area contributed by atoms with E-state index in [9.17, 15) is 9.59 Å². The SMILES string of the molecule is CCCCNC(=O)c1cncc(C(=O)Nc2ccc(OC)c(OC)c2)c1. The summed E-state index contributed by atoms with van der Waals surface area (Å²) in [6, 6.07) is 6.58. The third-order valence-corrected chi connectivity index (χ3v) is 3.72. The van der Waals surface area contributed by atoms with Crippen molar-refractivity contribution in [3.63, 3.8) is 0 Å². The van der Waals surface area contributed by atoms with Gasteiger partial charge < -0.3 is 20.1 Å². The van der Waals surface area contributed by atoms with Gasteiger partial charge in [0.2, 0.25) is 0 Å². The number of hydrogen-bond donors (Lipinski definition) is 2. The molecule has 0 bridgehead atoms. The Balaban J connectivity index is 2.10. The number of anilines is 1. The average Bonchev–Trinajstić information content (AvgIpc) is 2.68. The van der Waals surface area contributed by atoms with Crippen molar-refractivity contribution in [3.05, 3.63) is 47.8 Å². The van der Waals surface area contributed by atoms with E-state index >= 15 is 0 Å². The van der Waals surface area contributed by atoms with E-state index < -0.39 is 0 Å². The van der Waals surface area contributed by atoms with Gasteiger partial charge in [-0.1, -0.05) is 13.3 Å². The van der Waals surface area contributed by atoms with Crippen LogP contribution in [-0.2, 0) is 0 Å². The number of nitrogens with one attached hydrogen (secondary N) is 2. The van der Waals surface area contributed by atoms with Crippen molar-refractivity contribution in [3.8, 4) is 11.5 Å². The number of unbranched alkanes of at least 4 members (excludes halogenated alkanes) is 1. The molecular weight excluding hydrogens is 334 g/mol. The summed E-state index contributed by atoms with van der Waals surface area (Å²) < 4.78 is 10.4. The molecule has 0 spiro atoms. The molecule has 0 aliphatic heterocycles. The second-order valence-electron chi connectivity index (χ2n) is 5.60. The predicted octanol–water partition coefficient (Wildman–Crippen LogP) is 2.88. The molecule has 2 aromatic rings. The van der Waals surface area contributed by atoms with Crippen LogP contribution in [0.15, 0.2) is 36.7 Å². The van der Waals surface area contributed by atoms with Gasteiger partial charge in [-0.05, 0) is 24.6 Å². The van der Waals surface area contributed by atoms with Gasteiger partial charge in [-0.15, -0.1) is 0 Å². The summed E-state index contributed by atoms with van der Waals surface area (Å²) in [6.07, 6.45) is 4.75. The van der Waals surface area contributed by atoms with Crippen LogP contribution >= 0.6 is 0 Å².